The lowest BCUT2D eigenvalue weighted by Crippen LogP contribution is -2.27. The van der Waals surface area contributed by atoms with Crippen LogP contribution in [0.4, 0.5) is 0 Å². The SMILES string of the molecule is CCOC(=O)C(Sc1ccccc1)C(O)c1ccc(OCc2ccc(OC/C(=N/OC)c3ccccc3)cc2)cc1. The van der Waals surface area contributed by atoms with Gasteiger partial charge in [-0.05, 0) is 54.4 Å². The van der Waals surface area contributed by atoms with E-state index in [1.807, 2.05) is 84.9 Å². The molecule has 0 fully saturated rings. The number of hydrogen-bond donors (Lipinski definition) is 1. The Morgan fingerprint density at radius 3 is 2.07 bits per heavy atom. The fraction of sp³-hybridized carbons (Fsp3) is 0.212. The summed E-state index contributed by atoms with van der Waals surface area (Å²) in [7, 11) is 1.51. The van der Waals surface area contributed by atoms with Crippen molar-refractivity contribution >= 4 is 23.4 Å². The fourth-order valence-corrected chi connectivity index (χ4v) is 5.01. The number of oxime groups is 1. The van der Waals surface area contributed by atoms with Gasteiger partial charge in [-0.15, -0.1) is 11.8 Å². The molecule has 0 radical (unpaired) electrons. The number of nitrogens with zero attached hydrogens (tertiary/aromatic N) is 1. The number of hydrogen-bond acceptors (Lipinski definition) is 8. The quantitative estimate of drug-likeness (QED) is 0.0805. The van der Waals surface area contributed by atoms with Crippen LogP contribution in [0.5, 0.6) is 11.5 Å². The van der Waals surface area contributed by atoms with Gasteiger partial charge in [0.25, 0.3) is 0 Å². The molecule has 2 atom stereocenters. The molecule has 0 heterocycles. The van der Waals surface area contributed by atoms with Gasteiger partial charge in [-0.2, -0.15) is 0 Å². The minimum Gasteiger partial charge on any atom is -0.489 e. The van der Waals surface area contributed by atoms with Gasteiger partial charge >= 0.3 is 5.97 Å². The highest BCUT2D eigenvalue weighted by Crippen LogP contribution is 2.34. The smallest absolute Gasteiger partial charge is 0.322 e. The van der Waals surface area contributed by atoms with Crippen LogP contribution in [0.3, 0.4) is 0 Å². The third kappa shape index (κ3) is 8.86. The predicted octanol–water partition coefficient (Wildman–Crippen LogP) is 6.45. The summed E-state index contributed by atoms with van der Waals surface area (Å²) in [5.74, 6) is 0.896. The number of esters is 1. The molecule has 0 aliphatic rings. The van der Waals surface area contributed by atoms with Crippen LogP contribution in [0.15, 0.2) is 119 Å². The van der Waals surface area contributed by atoms with E-state index in [1.54, 1.807) is 31.2 Å². The van der Waals surface area contributed by atoms with Gasteiger partial charge < -0.3 is 24.2 Å². The van der Waals surface area contributed by atoms with Crippen molar-refractivity contribution < 1.29 is 28.9 Å². The number of benzene rings is 4. The van der Waals surface area contributed by atoms with E-state index in [2.05, 4.69) is 5.16 Å². The highest BCUT2D eigenvalue weighted by atomic mass is 32.2. The van der Waals surface area contributed by atoms with Gasteiger partial charge in [-0.1, -0.05) is 78.0 Å². The Balaban J connectivity index is 1.32. The lowest BCUT2D eigenvalue weighted by Gasteiger charge is -2.21. The molecule has 0 aliphatic carbocycles. The molecule has 0 amide bonds. The highest BCUT2D eigenvalue weighted by Gasteiger charge is 2.30. The molecule has 4 aromatic carbocycles. The second kappa shape index (κ2) is 15.5. The normalized spacial score (nSPS) is 12.7. The van der Waals surface area contributed by atoms with E-state index >= 15 is 0 Å². The molecule has 0 spiro atoms. The van der Waals surface area contributed by atoms with Gasteiger partial charge in [-0.25, -0.2) is 0 Å². The van der Waals surface area contributed by atoms with Gasteiger partial charge in [-0.3, -0.25) is 4.79 Å². The van der Waals surface area contributed by atoms with Crippen molar-refractivity contribution in [3.8, 4) is 11.5 Å². The standard InChI is InChI=1S/C33H33NO6S/c1-3-38-33(36)32(41-29-12-8-5-9-13-29)31(35)26-16-20-28(21-17-26)39-22-24-14-18-27(19-15-24)40-23-30(34-37-2)25-10-6-4-7-11-25/h4-21,31-32,35H,3,22-23H2,1-2H3/b34-30-. The maximum Gasteiger partial charge on any atom is 0.322 e. The summed E-state index contributed by atoms with van der Waals surface area (Å²) in [4.78, 5) is 18.5. The van der Waals surface area contributed by atoms with Crippen molar-refractivity contribution in [2.24, 2.45) is 5.16 Å². The van der Waals surface area contributed by atoms with E-state index in [1.165, 1.54) is 18.9 Å². The van der Waals surface area contributed by atoms with Crippen molar-refractivity contribution in [1.29, 1.82) is 0 Å². The summed E-state index contributed by atoms with van der Waals surface area (Å²) in [6.45, 7) is 2.62. The average molecular weight is 572 g/mol. The molecule has 2 unspecified atom stereocenters. The zero-order chi connectivity index (χ0) is 28.9. The van der Waals surface area contributed by atoms with Crippen LogP contribution in [0, 0.1) is 0 Å². The van der Waals surface area contributed by atoms with E-state index in [0.29, 0.717) is 29.4 Å². The molecule has 212 valence electrons. The summed E-state index contributed by atoms with van der Waals surface area (Å²) in [5, 5.41) is 14.3. The van der Waals surface area contributed by atoms with Crippen LogP contribution >= 0.6 is 11.8 Å². The van der Waals surface area contributed by atoms with Gasteiger partial charge in [0.15, 0.2) is 0 Å². The molecular formula is C33H33NO6S. The van der Waals surface area contributed by atoms with Crippen LogP contribution in [0.1, 0.15) is 29.7 Å². The third-order valence-electron chi connectivity index (χ3n) is 6.05. The summed E-state index contributed by atoms with van der Waals surface area (Å²) in [5.41, 5.74) is 3.20. The lowest BCUT2D eigenvalue weighted by molar-refractivity contribution is -0.144. The van der Waals surface area contributed by atoms with Crippen LogP contribution < -0.4 is 9.47 Å². The minimum atomic E-state index is -1.04. The maximum absolute atomic E-state index is 12.6. The number of thioether (sulfide) groups is 1. The summed E-state index contributed by atoms with van der Waals surface area (Å²) in [6.07, 6.45) is -1.04. The first kappa shape index (κ1) is 29.7. The Kier molecular flexibility index (Phi) is 11.2. The zero-order valence-electron chi connectivity index (χ0n) is 23.0. The van der Waals surface area contributed by atoms with E-state index in [0.717, 1.165) is 16.0 Å². The topological polar surface area (TPSA) is 86.6 Å². The molecule has 0 aliphatic heterocycles. The Labute approximate surface area is 244 Å². The number of ether oxygens (including phenoxy) is 3. The monoisotopic (exact) mass is 571 g/mol. The first-order valence-corrected chi connectivity index (χ1v) is 14.1. The van der Waals surface area contributed by atoms with E-state index < -0.39 is 17.3 Å². The van der Waals surface area contributed by atoms with Crippen LogP contribution in [0.25, 0.3) is 0 Å². The van der Waals surface area contributed by atoms with Crippen molar-refractivity contribution in [2.75, 3.05) is 20.3 Å². The molecule has 1 N–H and O–H groups in total. The lowest BCUT2D eigenvalue weighted by atomic mass is 10.1. The molecule has 0 saturated heterocycles. The minimum absolute atomic E-state index is 0.244. The maximum atomic E-state index is 12.6. The number of aliphatic hydroxyl groups excluding tert-OH is 1. The van der Waals surface area contributed by atoms with E-state index in [4.69, 9.17) is 19.0 Å². The summed E-state index contributed by atoms with van der Waals surface area (Å²) in [6, 6.07) is 34.0. The Bertz CT molecular complexity index is 1380. The Morgan fingerprint density at radius 2 is 1.44 bits per heavy atom. The number of carbonyl (C=O) groups excluding carboxylic acids is 1. The summed E-state index contributed by atoms with van der Waals surface area (Å²) < 4.78 is 17.1. The van der Waals surface area contributed by atoms with Crippen molar-refractivity contribution in [3.63, 3.8) is 0 Å². The Hall–Kier alpha value is -4.27. The molecular weight excluding hydrogens is 538 g/mol. The molecule has 41 heavy (non-hydrogen) atoms. The van der Waals surface area contributed by atoms with E-state index in [9.17, 15) is 9.90 Å². The highest BCUT2D eigenvalue weighted by molar-refractivity contribution is 8.00. The zero-order valence-corrected chi connectivity index (χ0v) is 23.8. The van der Waals surface area contributed by atoms with E-state index in [-0.39, 0.29) is 13.2 Å². The fourth-order valence-electron chi connectivity index (χ4n) is 3.95. The molecule has 0 saturated carbocycles. The second-order valence-corrected chi connectivity index (χ2v) is 10.1. The summed E-state index contributed by atoms with van der Waals surface area (Å²) >= 11 is 1.28. The third-order valence-corrected chi connectivity index (χ3v) is 7.29. The number of rotatable bonds is 14. The van der Waals surface area contributed by atoms with Gasteiger partial charge in [0, 0.05) is 10.5 Å². The molecule has 4 rings (SSSR count). The molecule has 0 bridgehead atoms. The number of aliphatic hydroxyl groups is 1. The molecule has 0 aromatic heterocycles. The molecule has 4 aromatic rings. The van der Waals surface area contributed by atoms with Gasteiger partial charge in [0.05, 0.1) is 6.61 Å². The largest absolute Gasteiger partial charge is 0.489 e. The van der Waals surface area contributed by atoms with Crippen molar-refractivity contribution in [2.45, 2.75) is 29.8 Å². The van der Waals surface area contributed by atoms with Crippen molar-refractivity contribution in [1.82, 2.24) is 0 Å². The first-order valence-electron chi connectivity index (χ1n) is 13.2. The van der Waals surface area contributed by atoms with Gasteiger partial charge in [0.2, 0.25) is 0 Å². The number of carbonyl (C=O) groups is 1. The van der Waals surface area contributed by atoms with Crippen LogP contribution in [-0.4, -0.2) is 42.4 Å². The average Bonchev–Trinajstić information content (AvgIpc) is 3.02. The molecule has 7 nitrogen and oxygen atoms in total. The predicted molar refractivity (Wildman–Crippen MR) is 160 cm³/mol. The van der Waals surface area contributed by atoms with Crippen molar-refractivity contribution in [3.05, 3.63) is 126 Å². The van der Waals surface area contributed by atoms with Gasteiger partial charge in [0.1, 0.15) is 48.9 Å². The van der Waals surface area contributed by atoms with Crippen LogP contribution in [-0.2, 0) is 21.0 Å². The molecule has 8 heteroatoms. The first-order chi connectivity index (χ1) is 20.1. The Morgan fingerprint density at radius 1 is 0.829 bits per heavy atom. The van der Waals surface area contributed by atoms with Crippen LogP contribution in [0.2, 0.25) is 0 Å². The second-order valence-electron chi connectivity index (χ2n) is 8.93.